The van der Waals surface area contributed by atoms with Gasteiger partial charge in [-0.25, -0.2) is 4.21 Å². The van der Waals surface area contributed by atoms with Crippen molar-refractivity contribution in [2.75, 3.05) is 0 Å². The lowest BCUT2D eigenvalue weighted by Crippen LogP contribution is -2.54. The van der Waals surface area contributed by atoms with Crippen LogP contribution in [0, 0.1) is 0 Å². The second-order valence-corrected chi connectivity index (χ2v) is 5.86. The van der Waals surface area contributed by atoms with Gasteiger partial charge < -0.3 is 0 Å². The van der Waals surface area contributed by atoms with Gasteiger partial charge in [-0.2, -0.15) is 30.7 Å². The third kappa shape index (κ3) is 3.04. The summed E-state index contributed by atoms with van der Waals surface area (Å²) in [6, 6.07) is 2.12. The van der Waals surface area contributed by atoms with Gasteiger partial charge in [-0.3, -0.25) is 0 Å². The van der Waals surface area contributed by atoms with E-state index in [2.05, 4.69) is 0 Å². The van der Waals surface area contributed by atoms with Crippen molar-refractivity contribution < 1.29 is 34.9 Å². The van der Waals surface area contributed by atoms with Gasteiger partial charge in [-0.1, -0.05) is 23.2 Å². The molecule has 0 saturated carbocycles. The summed E-state index contributed by atoms with van der Waals surface area (Å²) in [6.07, 6.45) is -6.56. The minimum absolute atomic E-state index is 0.341. The first-order valence-corrected chi connectivity index (χ1v) is 6.41. The Morgan fingerprint density at radius 1 is 0.850 bits per heavy atom. The van der Waals surface area contributed by atoms with Crippen LogP contribution in [-0.4, -0.2) is 21.6 Å². The van der Waals surface area contributed by atoms with Crippen LogP contribution >= 0.6 is 23.2 Å². The van der Waals surface area contributed by atoms with Crippen LogP contribution in [-0.2, 0) is 10.8 Å². The summed E-state index contributed by atoms with van der Waals surface area (Å²) < 4.78 is 99.0. The SMILES string of the molecule is O=S(c1cc(Cl)cc(Cl)c1)C(F)(F)C(F)(F)C(F)(F)F. The maximum Gasteiger partial charge on any atom is 0.461 e. The second kappa shape index (κ2) is 5.34. The normalized spacial score (nSPS) is 15.2. The highest BCUT2D eigenvalue weighted by Gasteiger charge is 2.76. The summed E-state index contributed by atoms with van der Waals surface area (Å²) in [5.74, 6) is -6.47. The molecule has 0 fully saturated rings. The van der Waals surface area contributed by atoms with Gasteiger partial charge in [0.2, 0.25) is 0 Å². The van der Waals surface area contributed by atoms with Crippen LogP contribution in [0.1, 0.15) is 0 Å². The maximum absolute atomic E-state index is 13.2. The molecule has 20 heavy (non-hydrogen) atoms. The molecule has 1 atom stereocenters. The van der Waals surface area contributed by atoms with E-state index in [0.717, 1.165) is 6.07 Å². The third-order valence-corrected chi connectivity index (χ3v) is 3.83. The van der Waals surface area contributed by atoms with Gasteiger partial charge in [0, 0.05) is 14.9 Å². The van der Waals surface area contributed by atoms with Crippen molar-refractivity contribution in [3.63, 3.8) is 0 Å². The molecule has 0 aliphatic carbocycles. The first-order chi connectivity index (χ1) is 8.80. The first-order valence-electron chi connectivity index (χ1n) is 4.51. The highest BCUT2D eigenvalue weighted by Crippen LogP contribution is 2.49. The quantitative estimate of drug-likeness (QED) is 0.699. The number of halogens is 9. The Balaban J connectivity index is 3.31. The van der Waals surface area contributed by atoms with E-state index < -0.39 is 33.0 Å². The summed E-state index contributed by atoms with van der Waals surface area (Å²) in [7, 11) is -4.00. The van der Waals surface area contributed by atoms with E-state index >= 15 is 0 Å². The van der Waals surface area contributed by atoms with E-state index in [1.807, 2.05) is 0 Å². The molecule has 114 valence electrons. The fourth-order valence-corrected chi connectivity index (χ4v) is 2.83. The lowest BCUT2D eigenvalue weighted by molar-refractivity contribution is -0.331. The molecule has 1 nitrogen and oxygen atoms in total. The molecule has 1 aromatic carbocycles. The van der Waals surface area contributed by atoms with Crippen molar-refractivity contribution in [2.45, 2.75) is 22.2 Å². The molecule has 1 unspecified atom stereocenters. The molecule has 0 aromatic heterocycles. The van der Waals surface area contributed by atoms with E-state index in [-0.39, 0.29) is 10.0 Å². The van der Waals surface area contributed by atoms with Crippen LogP contribution in [0.2, 0.25) is 10.0 Å². The van der Waals surface area contributed by atoms with Crippen molar-refractivity contribution in [1.82, 2.24) is 0 Å². The van der Waals surface area contributed by atoms with Gasteiger partial charge >= 0.3 is 17.4 Å². The van der Waals surface area contributed by atoms with Crippen molar-refractivity contribution in [1.29, 1.82) is 0 Å². The number of alkyl halides is 7. The molecular formula is C9H3Cl2F7OS. The molecule has 0 N–H and O–H groups in total. The fraction of sp³-hybridized carbons (Fsp3) is 0.333. The van der Waals surface area contributed by atoms with Crippen molar-refractivity contribution in [2.24, 2.45) is 0 Å². The van der Waals surface area contributed by atoms with Crippen molar-refractivity contribution >= 4 is 34.0 Å². The van der Waals surface area contributed by atoms with Crippen LogP contribution in [0.15, 0.2) is 23.1 Å². The third-order valence-electron chi connectivity index (χ3n) is 2.00. The predicted octanol–water partition coefficient (Wildman–Crippen LogP) is 4.89. The zero-order valence-electron chi connectivity index (χ0n) is 8.95. The molecule has 0 spiro atoms. The molecule has 0 amide bonds. The predicted molar refractivity (Wildman–Crippen MR) is 58.8 cm³/mol. The number of hydrogen-bond donors (Lipinski definition) is 0. The molecular weight excluding hydrogens is 360 g/mol. The van der Waals surface area contributed by atoms with Gasteiger partial charge in [0.05, 0.1) is 0 Å². The minimum Gasteiger partial charge on any atom is -0.248 e. The summed E-state index contributed by atoms with van der Waals surface area (Å²) in [5, 5.41) is -6.56. The zero-order chi connectivity index (χ0) is 15.9. The van der Waals surface area contributed by atoms with Crippen LogP contribution < -0.4 is 0 Å². The summed E-state index contributed by atoms with van der Waals surface area (Å²) in [5.41, 5.74) is 0. The van der Waals surface area contributed by atoms with E-state index in [1.165, 1.54) is 0 Å². The van der Waals surface area contributed by atoms with Crippen LogP contribution in [0.3, 0.4) is 0 Å². The van der Waals surface area contributed by atoms with E-state index in [1.54, 1.807) is 0 Å². The monoisotopic (exact) mass is 362 g/mol. The molecule has 0 aliphatic heterocycles. The topological polar surface area (TPSA) is 17.1 Å². The van der Waals surface area contributed by atoms with Crippen molar-refractivity contribution in [3.05, 3.63) is 28.2 Å². The molecule has 0 saturated heterocycles. The highest BCUT2D eigenvalue weighted by atomic mass is 35.5. The summed E-state index contributed by atoms with van der Waals surface area (Å²) >= 11 is 10.7. The molecule has 0 radical (unpaired) electrons. The molecule has 0 heterocycles. The second-order valence-electron chi connectivity index (χ2n) is 3.46. The zero-order valence-corrected chi connectivity index (χ0v) is 11.3. The number of hydrogen-bond acceptors (Lipinski definition) is 1. The Bertz CT molecular complexity index is 523. The maximum atomic E-state index is 13.2. The van der Waals surface area contributed by atoms with Crippen LogP contribution in [0.25, 0.3) is 0 Å². The van der Waals surface area contributed by atoms with Crippen LogP contribution in [0.5, 0.6) is 0 Å². The Hall–Kier alpha value is -0.540. The first kappa shape index (κ1) is 17.5. The summed E-state index contributed by atoms with van der Waals surface area (Å²) in [6.45, 7) is 0. The van der Waals surface area contributed by atoms with Gasteiger partial charge in [0.15, 0.2) is 0 Å². The van der Waals surface area contributed by atoms with E-state index in [9.17, 15) is 34.9 Å². The fourth-order valence-electron chi connectivity index (χ4n) is 1.07. The summed E-state index contributed by atoms with van der Waals surface area (Å²) in [4.78, 5) is -1.04. The van der Waals surface area contributed by atoms with E-state index in [4.69, 9.17) is 23.2 Å². The Labute approximate surface area is 120 Å². The number of rotatable bonds is 3. The largest absolute Gasteiger partial charge is 0.461 e. The van der Waals surface area contributed by atoms with Crippen LogP contribution in [0.4, 0.5) is 30.7 Å². The molecule has 11 heteroatoms. The Morgan fingerprint density at radius 2 is 1.25 bits per heavy atom. The number of benzene rings is 1. The standard InChI is InChI=1S/C9H3Cl2F7OS/c10-4-1-5(11)3-6(2-4)20(19)9(17,18)7(12,13)8(14,15)16/h1-3H. The average molecular weight is 363 g/mol. The van der Waals surface area contributed by atoms with Gasteiger partial charge in [0.1, 0.15) is 10.8 Å². The molecule has 0 aliphatic rings. The van der Waals surface area contributed by atoms with Gasteiger partial charge in [-0.05, 0) is 18.2 Å². The molecule has 0 bridgehead atoms. The van der Waals surface area contributed by atoms with E-state index in [0.29, 0.717) is 12.1 Å². The molecule has 1 rings (SSSR count). The van der Waals surface area contributed by atoms with Gasteiger partial charge in [-0.15, -0.1) is 0 Å². The Morgan fingerprint density at radius 3 is 1.60 bits per heavy atom. The average Bonchev–Trinajstić information content (AvgIpc) is 2.24. The lowest BCUT2D eigenvalue weighted by atomic mass is 10.3. The Kier molecular flexibility index (Phi) is 4.68. The lowest BCUT2D eigenvalue weighted by Gasteiger charge is -2.27. The van der Waals surface area contributed by atoms with Crippen molar-refractivity contribution in [3.8, 4) is 0 Å². The molecule has 1 aromatic rings. The smallest absolute Gasteiger partial charge is 0.248 e. The minimum atomic E-state index is -6.56. The van der Waals surface area contributed by atoms with Gasteiger partial charge in [0.25, 0.3) is 0 Å². The highest BCUT2D eigenvalue weighted by molar-refractivity contribution is 7.86.